The molecule has 1 atom stereocenters. The summed E-state index contributed by atoms with van der Waals surface area (Å²) in [6, 6.07) is 6.89. The molecule has 3 rings (SSSR count). The summed E-state index contributed by atoms with van der Waals surface area (Å²) in [5.74, 6) is 0.0310. The van der Waals surface area contributed by atoms with Gasteiger partial charge in [0.05, 0.1) is 0 Å². The highest BCUT2D eigenvalue weighted by Gasteiger charge is 2.44. The molecule has 7 heteroatoms. The summed E-state index contributed by atoms with van der Waals surface area (Å²) in [6.45, 7) is 5.69. The van der Waals surface area contributed by atoms with Crippen LogP contribution in [0.4, 0.5) is 0 Å². The molecule has 6 nitrogen and oxygen atoms in total. The van der Waals surface area contributed by atoms with Crippen molar-refractivity contribution in [2.75, 3.05) is 0 Å². The van der Waals surface area contributed by atoms with E-state index in [0.717, 1.165) is 0 Å². The summed E-state index contributed by atoms with van der Waals surface area (Å²) < 4.78 is 21.9. The minimum Gasteiger partial charge on any atom is -0.504 e. The van der Waals surface area contributed by atoms with Crippen LogP contribution in [-0.4, -0.2) is 21.0 Å². The Hall–Kier alpha value is -1.75. The standard InChI is InChI=1S/C15H17O6P/c1-8-15(2,3)11-12(16)14(21-22(17,18)19)10-7-5-4-6-9(10)13(11)20-8/h4-8,16H,1-3H3,(H2,17,18,19)/t8-/m1/s1. The van der Waals surface area contributed by atoms with Crippen LogP contribution in [0.2, 0.25) is 0 Å². The fourth-order valence-corrected chi connectivity index (χ4v) is 3.24. The molecule has 2 aromatic carbocycles. The average Bonchev–Trinajstić information content (AvgIpc) is 2.65. The van der Waals surface area contributed by atoms with E-state index >= 15 is 0 Å². The van der Waals surface area contributed by atoms with Gasteiger partial charge in [-0.15, -0.1) is 0 Å². The van der Waals surface area contributed by atoms with Crippen LogP contribution in [0.5, 0.6) is 17.2 Å². The molecule has 0 spiro atoms. The first kappa shape index (κ1) is 15.2. The lowest BCUT2D eigenvalue weighted by molar-refractivity contribution is 0.186. The average molecular weight is 324 g/mol. The first-order chi connectivity index (χ1) is 10.1. The second-order valence-corrected chi connectivity index (χ2v) is 7.15. The molecule has 0 saturated heterocycles. The summed E-state index contributed by atoms with van der Waals surface area (Å²) in [6.07, 6.45) is -0.192. The van der Waals surface area contributed by atoms with Crippen molar-refractivity contribution in [3.05, 3.63) is 29.8 Å². The maximum absolute atomic E-state index is 11.3. The van der Waals surface area contributed by atoms with E-state index in [1.807, 2.05) is 20.8 Å². The van der Waals surface area contributed by atoms with Crippen LogP contribution < -0.4 is 9.26 Å². The van der Waals surface area contributed by atoms with Gasteiger partial charge in [0.25, 0.3) is 0 Å². The van der Waals surface area contributed by atoms with Crippen LogP contribution in [0.25, 0.3) is 10.8 Å². The molecule has 118 valence electrons. The normalized spacial score (nSPS) is 19.8. The molecule has 0 aromatic heterocycles. The van der Waals surface area contributed by atoms with Gasteiger partial charge in [-0.1, -0.05) is 38.1 Å². The molecule has 22 heavy (non-hydrogen) atoms. The minimum absolute atomic E-state index is 0.192. The molecule has 1 aliphatic rings. The first-order valence-electron chi connectivity index (χ1n) is 6.83. The predicted octanol–water partition coefficient (Wildman–Crippen LogP) is 3.08. The van der Waals surface area contributed by atoms with E-state index in [4.69, 9.17) is 19.0 Å². The highest BCUT2D eigenvalue weighted by atomic mass is 31.2. The zero-order chi connectivity index (χ0) is 16.3. The number of phosphoric acid groups is 1. The number of aromatic hydroxyl groups is 1. The van der Waals surface area contributed by atoms with Crippen molar-refractivity contribution in [3.63, 3.8) is 0 Å². The third kappa shape index (κ3) is 2.15. The van der Waals surface area contributed by atoms with Crippen LogP contribution in [0, 0.1) is 0 Å². The van der Waals surface area contributed by atoms with Gasteiger partial charge >= 0.3 is 7.82 Å². The fourth-order valence-electron chi connectivity index (χ4n) is 2.82. The highest BCUT2D eigenvalue weighted by molar-refractivity contribution is 7.46. The van der Waals surface area contributed by atoms with Crippen molar-refractivity contribution in [2.24, 2.45) is 0 Å². The molecule has 1 heterocycles. The summed E-state index contributed by atoms with van der Waals surface area (Å²) >= 11 is 0. The van der Waals surface area contributed by atoms with Gasteiger partial charge in [0.1, 0.15) is 11.9 Å². The number of rotatable bonds is 2. The number of benzene rings is 2. The summed E-state index contributed by atoms with van der Waals surface area (Å²) in [7, 11) is -4.80. The molecule has 0 saturated carbocycles. The first-order valence-corrected chi connectivity index (χ1v) is 8.36. The Labute approximate surface area is 127 Å². The molecule has 0 amide bonds. The molecule has 0 aliphatic carbocycles. The quantitative estimate of drug-likeness (QED) is 0.735. The minimum atomic E-state index is -4.80. The van der Waals surface area contributed by atoms with E-state index in [9.17, 15) is 9.67 Å². The molecular formula is C15H17O6P. The Morgan fingerprint density at radius 2 is 1.82 bits per heavy atom. The predicted molar refractivity (Wildman–Crippen MR) is 81.4 cm³/mol. The van der Waals surface area contributed by atoms with Gasteiger partial charge in [-0.25, -0.2) is 4.57 Å². The van der Waals surface area contributed by atoms with Gasteiger partial charge in [0.2, 0.25) is 0 Å². The van der Waals surface area contributed by atoms with Crippen molar-refractivity contribution >= 4 is 18.6 Å². The van der Waals surface area contributed by atoms with Gasteiger partial charge < -0.3 is 14.4 Å². The lowest BCUT2D eigenvalue weighted by Crippen LogP contribution is -2.28. The number of ether oxygens (including phenoxy) is 1. The Kier molecular flexibility index (Phi) is 3.18. The van der Waals surface area contributed by atoms with Gasteiger partial charge in [0.15, 0.2) is 11.5 Å². The third-order valence-electron chi connectivity index (χ3n) is 4.26. The van der Waals surface area contributed by atoms with Crippen LogP contribution in [0.3, 0.4) is 0 Å². The molecule has 3 N–H and O–H groups in total. The van der Waals surface area contributed by atoms with E-state index in [2.05, 4.69) is 0 Å². The van der Waals surface area contributed by atoms with E-state index in [1.165, 1.54) is 0 Å². The Bertz CT molecular complexity index is 807. The summed E-state index contributed by atoms with van der Waals surface area (Å²) in [5.41, 5.74) is -0.0154. The largest absolute Gasteiger partial charge is 0.524 e. The molecule has 0 fully saturated rings. The maximum atomic E-state index is 11.3. The van der Waals surface area contributed by atoms with Gasteiger partial charge in [-0.2, -0.15) is 0 Å². The molecule has 0 bridgehead atoms. The van der Waals surface area contributed by atoms with Crippen molar-refractivity contribution in [1.82, 2.24) is 0 Å². The Morgan fingerprint density at radius 3 is 2.41 bits per heavy atom. The Balaban J connectivity index is 2.41. The summed E-state index contributed by atoms with van der Waals surface area (Å²) in [5, 5.41) is 11.6. The molecule has 0 radical (unpaired) electrons. The zero-order valence-electron chi connectivity index (χ0n) is 12.4. The highest BCUT2D eigenvalue weighted by Crippen LogP contribution is 2.57. The van der Waals surface area contributed by atoms with Crippen LogP contribution in [0.1, 0.15) is 26.3 Å². The summed E-state index contributed by atoms with van der Waals surface area (Å²) in [4.78, 5) is 18.3. The Morgan fingerprint density at radius 1 is 1.23 bits per heavy atom. The van der Waals surface area contributed by atoms with E-state index < -0.39 is 13.2 Å². The monoisotopic (exact) mass is 324 g/mol. The van der Waals surface area contributed by atoms with Crippen molar-refractivity contribution in [1.29, 1.82) is 0 Å². The second-order valence-electron chi connectivity index (χ2n) is 5.99. The lowest BCUT2D eigenvalue weighted by atomic mass is 9.80. The molecule has 1 aliphatic heterocycles. The second kappa shape index (κ2) is 4.62. The smallest absolute Gasteiger partial charge is 0.504 e. The number of phenols is 1. The number of hydrogen-bond donors (Lipinski definition) is 3. The van der Waals surface area contributed by atoms with Crippen LogP contribution in [0.15, 0.2) is 24.3 Å². The number of hydrogen-bond acceptors (Lipinski definition) is 4. The van der Waals surface area contributed by atoms with Gasteiger partial charge in [-0.05, 0) is 6.92 Å². The van der Waals surface area contributed by atoms with E-state index in [0.29, 0.717) is 22.1 Å². The maximum Gasteiger partial charge on any atom is 0.524 e. The lowest BCUT2D eigenvalue weighted by Gasteiger charge is -2.23. The van der Waals surface area contributed by atoms with Gasteiger partial charge in [0, 0.05) is 21.8 Å². The fraction of sp³-hybridized carbons (Fsp3) is 0.333. The third-order valence-corrected chi connectivity index (χ3v) is 4.68. The van der Waals surface area contributed by atoms with Crippen molar-refractivity contribution in [2.45, 2.75) is 32.3 Å². The van der Waals surface area contributed by atoms with Gasteiger partial charge in [-0.3, -0.25) is 9.79 Å². The number of phosphoric ester groups is 1. The topological polar surface area (TPSA) is 96.2 Å². The number of phenolic OH excluding ortho intramolecular Hbond substituents is 1. The molecule has 0 unspecified atom stereocenters. The number of fused-ring (bicyclic) bond motifs is 3. The van der Waals surface area contributed by atoms with Crippen LogP contribution >= 0.6 is 7.82 Å². The van der Waals surface area contributed by atoms with E-state index in [1.54, 1.807) is 24.3 Å². The molecule has 2 aromatic rings. The molecular weight excluding hydrogens is 307 g/mol. The van der Waals surface area contributed by atoms with Crippen LogP contribution in [-0.2, 0) is 9.98 Å². The zero-order valence-corrected chi connectivity index (χ0v) is 13.3. The van der Waals surface area contributed by atoms with Crippen molar-refractivity contribution < 1.29 is 28.7 Å². The van der Waals surface area contributed by atoms with Crippen molar-refractivity contribution in [3.8, 4) is 17.2 Å². The SMILES string of the molecule is C[C@H]1Oc2c(c(O)c(OP(=O)(O)O)c3ccccc23)C1(C)C. The van der Waals surface area contributed by atoms with E-state index in [-0.39, 0.29) is 17.6 Å².